The summed E-state index contributed by atoms with van der Waals surface area (Å²) < 4.78 is 2.18. The van der Waals surface area contributed by atoms with Gasteiger partial charge in [-0.2, -0.15) is 0 Å². The van der Waals surface area contributed by atoms with Crippen LogP contribution in [0.25, 0.3) is 11.0 Å². The van der Waals surface area contributed by atoms with Crippen molar-refractivity contribution in [1.29, 1.82) is 0 Å². The van der Waals surface area contributed by atoms with Crippen molar-refractivity contribution in [3.8, 4) is 0 Å². The van der Waals surface area contributed by atoms with Gasteiger partial charge in [0.1, 0.15) is 11.3 Å². The van der Waals surface area contributed by atoms with Gasteiger partial charge in [-0.15, -0.1) is 0 Å². The number of imidazole rings is 1. The molecule has 1 saturated carbocycles. The highest BCUT2D eigenvalue weighted by molar-refractivity contribution is 5.74. The smallest absolute Gasteiger partial charge is 0.112 e. The van der Waals surface area contributed by atoms with Crippen molar-refractivity contribution in [2.45, 2.75) is 31.2 Å². The van der Waals surface area contributed by atoms with Gasteiger partial charge in [-0.05, 0) is 25.3 Å². The van der Waals surface area contributed by atoms with Crippen LogP contribution in [-0.2, 0) is 7.05 Å². The summed E-state index contributed by atoms with van der Waals surface area (Å²) in [5, 5.41) is 0. The maximum absolute atomic E-state index is 5.96. The molecule has 0 aliphatic heterocycles. The number of fused-ring (bicyclic) bond motifs is 1. The molecule has 0 bridgehead atoms. The SMILES string of the molecule is Cn1c(C2CCC(N)C2)nc2cnccc21. The molecule has 0 amide bonds. The third kappa shape index (κ3) is 1.41. The lowest BCUT2D eigenvalue weighted by Crippen LogP contribution is -2.15. The molecule has 2 heterocycles. The van der Waals surface area contributed by atoms with Gasteiger partial charge in [0.05, 0.1) is 11.7 Å². The van der Waals surface area contributed by atoms with E-state index in [0.29, 0.717) is 12.0 Å². The molecule has 2 unspecified atom stereocenters. The molecule has 0 spiro atoms. The summed E-state index contributed by atoms with van der Waals surface area (Å²) in [5.41, 5.74) is 8.10. The lowest BCUT2D eigenvalue weighted by molar-refractivity contribution is 0.621. The van der Waals surface area contributed by atoms with Crippen LogP contribution in [0.1, 0.15) is 31.0 Å². The van der Waals surface area contributed by atoms with Crippen LogP contribution < -0.4 is 5.73 Å². The Labute approximate surface area is 94.5 Å². The minimum atomic E-state index is 0.350. The fraction of sp³-hybridized carbons (Fsp3) is 0.500. The van der Waals surface area contributed by atoms with E-state index in [1.807, 2.05) is 18.5 Å². The highest BCUT2D eigenvalue weighted by atomic mass is 15.1. The first kappa shape index (κ1) is 9.78. The molecule has 0 radical (unpaired) electrons. The molecule has 84 valence electrons. The number of hydrogen-bond donors (Lipinski definition) is 1. The largest absolute Gasteiger partial charge is 0.331 e. The monoisotopic (exact) mass is 216 g/mol. The molecule has 0 aromatic carbocycles. The van der Waals surface area contributed by atoms with Crippen LogP contribution in [0.5, 0.6) is 0 Å². The maximum Gasteiger partial charge on any atom is 0.112 e. The van der Waals surface area contributed by atoms with Crippen LogP contribution in [0, 0.1) is 0 Å². The molecule has 1 aliphatic carbocycles. The van der Waals surface area contributed by atoms with Crippen LogP contribution in [0.15, 0.2) is 18.5 Å². The second kappa shape index (κ2) is 3.56. The van der Waals surface area contributed by atoms with Crippen LogP contribution in [0.2, 0.25) is 0 Å². The zero-order chi connectivity index (χ0) is 11.1. The number of hydrogen-bond acceptors (Lipinski definition) is 3. The number of aryl methyl sites for hydroxylation is 1. The van der Waals surface area contributed by atoms with E-state index in [1.54, 1.807) is 0 Å². The van der Waals surface area contributed by atoms with Gasteiger partial charge in [-0.25, -0.2) is 4.98 Å². The topological polar surface area (TPSA) is 56.7 Å². The maximum atomic E-state index is 5.96. The average molecular weight is 216 g/mol. The molecule has 4 nitrogen and oxygen atoms in total. The third-order valence-electron chi connectivity index (χ3n) is 3.56. The Morgan fingerprint density at radius 3 is 3.00 bits per heavy atom. The second-order valence-electron chi connectivity index (χ2n) is 4.66. The minimum Gasteiger partial charge on any atom is -0.331 e. The molecule has 1 aliphatic rings. The quantitative estimate of drug-likeness (QED) is 0.787. The fourth-order valence-electron chi connectivity index (χ4n) is 2.69. The molecule has 1 fully saturated rings. The number of nitrogens with zero attached hydrogens (tertiary/aromatic N) is 3. The zero-order valence-electron chi connectivity index (χ0n) is 9.43. The molecule has 0 saturated heterocycles. The van der Waals surface area contributed by atoms with E-state index in [2.05, 4.69) is 21.6 Å². The van der Waals surface area contributed by atoms with Crippen molar-refractivity contribution in [3.05, 3.63) is 24.3 Å². The van der Waals surface area contributed by atoms with Crippen molar-refractivity contribution >= 4 is 11.0 Å². The summed E-state index contributed by atoms with van der Waals surface area (Å²) in [6.45, 7) is 0. The summed E-state index contributed by atoms with van der Waals surface area (Å²) in [5.74, 6) is 1.68. The predicted octanol–water partition coefficient (Wildman–Crippen LogP) is 1.56. The fourth-order valence-corrected chi connectivity index (χ4v) is 2.69. The minimum absolute atomic E-state index is 0.350. The molecule has 2 aromatic heterocycles. The van der Waals surface area contributed by atoms with Crippen molar-refractivity contribution in [2.24, 2.45) is 12.8 Å². The third-order valence-corrected chi connectivity index (χ3v) is 3.56. The van der Waals surface area contributed by atoms with E-state index in [-0.39, 0.29) is 0 Å². The summed E-state index contributed by atoms with van der Waals surface area (Å²) >= 11 is 0. The van der Waals surface area contributed by atoms with Gasteiger partial charge in [0.25, 0.3) is 0 Å². The molecule has 16 heavy (non-hydrogen) atoms. The summed E-state index contributed by atoms with van der Waals surface area (Å²) in [6.07, 6.45) is 6.98. The van der Waals surface area contributed by atoms with E-state index in [9.17, 15) is 0 Å². The Hall–Kier alpha value is -1.42. The Kier molecular flexibility index (Phi) is 2.17. The average Bonchev–Trinajstić information content (AvgIpc) is 2.84. The molecular formula is C12H16N4. The van der Waals surface area contributed by atoms with Crippen LogP contribution in [0.3, 0.4) is 0 Å². The molecule has 3 rings (SSSR count). The first-order valence-electron chi connectivity index (χ1n) is 5.77. The summed E-state index contributed by atoms with van der Waals surface area (Å²) in [4.78, 5) is 8.78. The van der Waals surface area contributed by atoms with E-state index >= 15 is 0 Å². The number of pyridine rings is 1. The Morgan fingerprint density at radius 2 is 2.31 bits per heavy atom. The highest BCUT2D eigenvalue weighted by Gasteiger charge is 2.26. The van der Waals surface area contributed by atoms with E-state index in [4.69, 9.17) is 5.73 Å². The van der Waals surface area contributed by atoms with Gasteiger partial charge in [0, 0.05) is 25.2 Å². The second-order valence-corrected chi connectivity index (χ2v) is 4.66. The van der Waals surface area contributed by atoms with Crippen LogP contribution in [0.4, 0.5) is 0 Å². The number of nitrogens with two attached hydrogens (primary N) is 1. The summed E-state index contributed by atoms with van der Waals surface area (Å²) in [6, 6.07) is 2.36. The Bertz CT molecular complexity index is 517. The number of aromatic nitrogens is 3. The molecular weight excluding hydrogens is 200 g/mol. The van der Waals surface area contributed by atoms with Crippen molar-refractivity contribution in [1.82, 2.24) is 14.5 Å². The van der Waals surface area contributed by atoms with Crippen molar-refractivity contribution in [3.63, 3.8) is 0 Å². The highest BCUT2D eigenvalue weighted by Crippen LogP contribution is 2.33. The van der Waals surface area contributed by atoms with Gasteiger partial charge >= 0.3 is 0 Å². The van der Waals surface area contributed by atoms with Gasteiger partial charge < -0.3 is 10.3 Å². The van der Waals surface area contributed by atoms with E-state index < -0.39 is 0 Å². The first-order valence-corrected chi connectivity index (χ1v) is 5.77. The Balaban J connectivity index is 2.07. The van der Waals surface area contributed by atoms with Crippen molar-refractivity contribution < 1.29 is 0 Å². The van der Waals surface area contributed by atoms with Gasteiger partial charge in [-0.3, -0.25) is 4.98 Å². The van der Waals surface area contributed by atoms with Crippen LogP contribution in [-0.4, -0.2) is 20.6 Å². The summed E-state index contributed by atoms with van der Waals surface area (Å²) in [7, 11) is 2.08. The standard InChI is InChI=1S/C12H16N4/c1-16-11-4-5-14-7-10(11)15-12(16)8-2-3-9(13)6-8/h4-5,7-9H,2-3,6,13H2,1H3. The molecule has 4 heteroatoms. The predicted molar refractivity (Wildman–Crippen MR) is 63.1 cm³/mol. The van der Waals surface area contributed by atoms with E-state index in [1.165, 1.54) is 0 Å². The number of rotatable bonds is 1. The lowest BCUT2D eigenvalue weighted by atomic mass is 10.1. The van der Waals surface area contributed by atoms with Gasteiger partial charge in [-0.1, -0.05) is 0 Å². The Morgan fingerprint density at radius 1 is 1.44 bits per heavy atom. The first-order chi connectivity index (χ1) is 7.75. The van der Waals surface area contributed by atoms with Gasteiger partial charge in [0.2, 0.25) is 0 Å². The van der Waals surface area contributed by atoms with E-state index in [0.717, 1.165) is 36.1 Å². The lowest BCUT2D eigenvalue weighted by Gasteiger charge is -2.09. The zero-order valence-corrected chi connectivity index (χ0v) is 9.43. The van der Waals surface area contributed by atoms with Gasteiger partial charge in [0.15, 0.2) is 0 Å². The normalized spacial score (nSPS) is 25.4. The molecule has 2 N–H and O–H groups in total. The van der Waals surface area contributed by atoms with Crippen LogP contribution >= 0.6 is 0 Å². The molecule has 2 atom stereocenters. The molecule has 2 aromatic rings. The van der Waals surface area contributed by atoms with Crippen molar-refractivity contribution in [2.75, 3.05) is 0 Å².